The SMILES string of the molecule is CCOc1ccc(NC(=O)C(c2ccccc2)c2ccccc2)cc1S(=O)(=O)N(CC)CC. The quantitative estimate of drug-likeness (QED) is 0.462. The van der Waals surface area contributed by atoms with Crippen LogP contribution in [0.15, 0.2) is 83.8 Å². The number of benzene rings is 3. The minimum absolute atomic E-state index is 0.0434. The zero-order chi connectivity index (χ0) is 23.8. The van der Waals surface area contributed by atoms with Crippen LogP contribution >= 0.6 is 0 Å². The fourth-order valence-corrected chi connectivity index (χ4v) is 5.38. The van der Waals surface area contributed by atoms with Gasteiger partial charge in [0.25, 0.3) is 0 Å². The molecular formula is C26H30N2O4S. The van der Waals surface area contributed by atoms with E-state index in [1.54, 1.807) is 32.9 Å². The summed E-state index contributed by atoms with van der Waals surface area (Å²) in [6, 6.07) is 23.7. The van der Waals surface area contributed by atoms with Gasteiger partial charge < -0.3 is 10.1 Å². The topological polar surface area (TPSA) is 75.7 Å². The zero-order valence-electron chi connectivity index (χ0n) is 19.2. The number of hydrogen-bond donors (Lipinski definition) is 1. The van der Waals surface area contributed by atoms with Crippen LogP contribution in [0.5, 0.6) is 5.75 Å². The fraction of sp³-hybridized carbons (Fsp3) is 0.269. The number of hydrogen-bond acceptors (Lipinski definition) is 4. The van der Waals surface area contributed by atoms with Crippen molar-refractivity contribution in [1.29, 1.82) is 0 Å². The van der Waals surface area contributed by atoms with Gasteiger partial charge >= 0.3 is 0 Å². The van der Waals surface area contributed by atoms with Crippen LogP contribution in [-0.4, -0.2) is 38.3 Å². The molecule has 7 heteroatoms. The molecule has 0 saturated heterocycles. The molecule has 0 aliphatic carbocycles. The lowest BCUT2D eigenvalue weighted by Crippen LogP contribution is -2.31. The molecule has 1 amide bonds. The Kier molecular flexibility index (Phi) is 8.25. The van der Waals surface area contributed by atoms with Crippen molar-refractivity contribution in [3.05, 3.63) is 90.0 Å². The molecule has 0 saturated carbocycles. The molecule has 0 atom stereocenters. The van der Waals surface area contributed by atoms with Crippen molar-refractivity contribution in [3.63, 3.8) is 0 Å². The predicted molar refractivity (Wildman–Crippen MR) is 131 cm³/mol. The molecule has 0 spiro atoms. The summed E-state index contributed by atoms with van der Waals surface area (Å²) < 4.78 is 33.4. The highest BCUT2D eigenvalue weighted by Crippen LogP contribution is 2.32. The van der Waals surface area contributed by atoms with Crippen molar-refractivity contribution in [3.8, 4) is 5.75 Å². The van der Waals surface area contributed by atoms with Gasteiger partial charge in [-0.3, -0.25) is 4.79 Å². The number of nitrogens with zero attached hydrogens (tertiary/aromatic N) is 1. The van der Waals surface area contributed by atoms with E-state index >= 15 is 0 Å². The molecule has 3 aromatic carbocycles. The molecule has 0 fully saturated rings. The van der Waals surface area contributed by atoms with Gasteiger partial charge in [-0.1, -0.05) is 74.5 Å². The van der Waals surface area contributed by atoms with Gasteiger partial charge in [0.05, 0.1) is 12.5 Å². The first kappa shape index (κ1) is 24.5. The zero-order valence-corrected chi connectivity index (χ0v) is 20.0. The minimum atomic E-state index is -3.78. The standard InChI is InChI=1S/C26H30N2O4S/c1-4-28(5-2)33(30,31)24-19-22(17-18-23(24)32-6-3)27-26(29)25(20-13-9-7-10-14-20)21-15-11-8-12-16-21/h7-19,25H,4-6H2,1-3H3,(H,27,29). The Hall–Kier alpha value is -3.16. The molecule has 0 bridgehead atoms. The molecule has 0 heterocycles. The van der Waals surface area contributed by atoms with Crippen LogP contribution in [0, 0.1) is 0 Å². The first-order chi connectivity index (χ1) is 15.9. The van der Waals surface area contributed by atoms with Crippen LogP contribution < -0.4 is 10.1 Å². The molecule has 0 radical (unpaired) electrons. The van der Waals surface area contributed by atoms with Crippen molar-refractivity contribution in [2.75, 3.05) is 25.0 Å². The molecular weight excluding hydrogens is 436 g/mol. The molecule has 1 N–H and O–H groups in total. The third kappa shape index (κ3) is 5.61. The first-order valence-corrected chi connectivity index (χ1v) is 12.5. The van der Waals surface area contributed by atoms with E-state index in [1.807, 2.05) is 60.7 Å². The Morgan fingerprint density at radius 2 is 1.42 bits per heavy atom. The van der Waals surface area contributed by atoms with Crippen molar-refractivity contribution in [2.24, 2.45) is 0 Å². The van der Waals surface area contributed by atoms with E-state index in [1.165, 1.54) is 10.4 Å². The summed E-state index contributed by atoms with van der Waals surface area (Å²) in [5, 5.41) is 2.92. The number of carbonyl (C=O) groups is 1. The summed E-state index contributed by atoms with van der Waals surface area (Å²) in [4.78, 5) is 13.5. The predicted octanol–water partition coefficient (Wildman–Crippen LogP) is 4.89. The molecule has 6 nitrogen and oxygen atoms in total. The normalized spacial score (nSPS) is 11.5. The highest BCUT2D eigenvalue weighted by atomic mass is 32.2. The molecule has 0 unspecified atom stereocenters. The van der Waals surface area contributed by atoms with Gasteiger partial charge in [-0.05, 0) is 36.2 Å². The molecule has 0 aliphatic rings. The van der Waals surface area contributed by atoms with E-state index in [4.69, 9.17) is 4.74 Å². The molecule has 3 rings (SSSR count). The highest BCUT2D eigenvalue weighted by molar-refractivity contribution is 7.89. The summed E-state index contributed by atoms with van der Waals surface area (Å²) >= 11 is 0. The van der Waals surface area contributed by atoms with Gasteiger partial charge in [0, 0.05) is 18.8 Å². The Balaban J connectivity index is 2.00. The van der Waals surface area contributed by atoms with E-state index in [9.17, 15) is 13.2 Å². The van der Waals surface area contributed by atoms with Crippen LogP contribution in [0.4, 0.5) is 5.69 Å². The van der Waals surface area contributed by atoms with E-state index in [-0.39, 0.29) is 16.6 Å². The maximum absolute atomic E-state index is 13.4. The Bertz CT molecular complexity index is 1120. The number of amides is 1. The maximum atomic E-state index is 13.4. The third-order valence-electron chi connectivity index (χ3n) is 5.36. The van der Waals surface area contributed by atoms with Crippen LogP contribution in [0.2, 0.25) is 0 Å². The lowest BCUT2D eigenvalue weighted by atomic mass is 9.90. The summed E-state index contributed by atoms with van der Waals surface area (Å²) in [5.41, 5.74) is 2.09. The third-order valence-corrected chi connectivity index (χ3v) is 7.43. The van der Waals surface area contributed by atoms with E-state index in [2.05, 4.69) is 5.32 Å². The van der Waals surface area contributed by atoms with Crippen LogP contribution in [-0.2, 0) is 14.8 Å². The fourth-order valence-electron chi connectivity index (χ4n) is 3.77. The van der Waals surface area contributed by atoms with Crippen LogP contribution in [0.1, 0.15) is 37.8 Å². The number of carbonyl (C=O) groups excluding carboxylic acids is 1. The van der Waals surface area contributed by atoms with E-state index in [0.717, 1.165) is 11.1 Å². The Labute approximate surface area is 196 Å². The van der Waals surface area contributed by atoms with Crippen LogP contribution in [0.25, 0.3) is 0 Å². The lowest BCUT2D eigenvalue weighted by Gasteiger charge is -2.22. The number of nitrogens with one attached hydrogen (secondary N) is 1. The van der Waals surface area contributed by atoms with Gasteiger partial charge in [-0.2, -0.15) is 4.31 Å². The maximum Gasteiger partial charge on any atom is 0.246 e. The largest absolute Gasteiger partial charge is 0.492 e. The lowest BCUT2D eigenvalue weighted by molar-refractivity contribution is -0.116. The van der Waals surface area contributed by atoms with Gasteiger partial charge in [0.15, 0.2) is 0 Å². The van der Waals surface area contributed by atoms with Crippen LogP contribution in [0.3, 0.4) is 0 Å². The second-order valence-corrected chi connectivity index (χ2v) is 9.33. The summed E-state index contributed by atoms with van der Waals surface area (Å²) in [6.45, 7) is 6.38. The molecule has 33 heavy (non-hydrogen) atoms. The highest BCUT2D eigenvalue weighted by Gasteiger charge is 2.27. The molecule has 174 valence electrons. The number of ether oxygens (including phenoxy) is 1. The second-order valence-electron chi connectivity index (χ2n) is 7.43. The number of anilines is 1. The summed E-state index contributed by atoms with van der Waals surface area (Å²) in [7, 11) is -3.78. The average Bonchev–Trinajstić information content (AvgIpc) is 2.82. The van der Waals surface area contributed by atoms with Gasteiger partial charge in [0.1, 0.15) is 10.6 Å². The van der Waals surface area contributed by atoms with Crippen molar-refractivity contribution in [1.82, 2.24) is 4.31 Å². The van der Waals surface area contributed by atoms with E-state index < -0.39 is 15.9 Å². The first-order valence-electron chi connectivity index (χ1n) is 11.1. The van der Waals surface area contributed by atoms with Crippen molar-refractivity contribution in [2.45, 2.75) is 31.6 Å². The van der Waals surface area contributed by atoms with Crippen molar-refractivity contribution < 1.29 is 17.9 Å². The van der Waals surface area contributed by atoms with Gasteiger partial charge in [-0.25, -0.2) is 8.42 Å². The second kappa shape index (κ2) is 11.1. The Morgan fingerprint density at radius 1 is 0.879 bits per heavy atom. The van der Waals surface area contributed by atoms with E-state index in [0.29, 0.717) is 25.4 Å². The van der Waals surface area contributed by atoms with Gasteiger partial charge in [-0.15, -0.1) is 0 Å². The number of rotatable bonds is 10. The summed E-state index contributed by atoms with van der Waals surface area (Å²) in [5.74, 6) is -0.519. The average molecular weight is 467 g/mol. The molecule has 3 aromatic rings. The molecule has 0 aliphatic heterocycles. The van der Waals surface area contributed by atoms with Gasteiger partial charge in [0.2, 0.25) is 15.9 Å². The minimum Gasteiger partial charge on any atom is -0.492 e. The molecule has 0 aromatic heterocycles. The van der Waals surface area contributed by atoms with Crippen molar-refractivity contribution >= 4 is 21.6 Å². The monoisotopic (exact) mass is 466 g/mol. The smallest absolute Gasteiger partial charge is 0.246 e. The Morgan fingerprint density at radius 3 is 1.91 bits per heavy atom. The number of sulfonamides is 1. The summed E-state index contributed by atoms with van der Waals surface area (Å²) in [6.07, 6.45) is 0.